The van der Waals surface area contributed by atoms with Gasteiger partial charge in [-0.3, -0.25) is 9.78 Å². The Morgan fingerprint density at radius 1 is 1.29 bits per heavy atom. The van der Waals surface area contributed by atoms with Crippen molar-refractivity contribution in [1.82, 2.24) is 10.3 Å². The van der Waals surface area contributed by atoms with Crippen LogP contribution < -0.4 is 5.32 Å². The summed E-state index contributed by atoms with van der Waals surface area (Å²) < 4.78 is 0. The number of alkyl halides is 1. The third kappa shape index (κ3) is 3.53. The van der Waals surface area contributed by atoms with E-state index in [1.165, 1.54) is 0 Å². The Labute approximate surface area is 130 Å². The Kier molecular flexibility index (Phi) is 5.18. The van der Waals surface area contributed by atoms with Crippen molar-refractivity contribution >= 4 is 28.4 Å². The maximum atomic E-state index is 12.3. The van der Waals surface area contributed by atoms with E-state index in [1.54, 1.807) is 6.20 Å². The predicted octanol–water partition coefficient (Wildman–Crippen LogP) is 4.01. The van der Waals surface area contributed by atoms with Gasteiger partial charge >= 0.3 is 0 Å². The normalized spacial score (nSPS) is 11.6. The largest absolute Gasteiger partial charge is 0.351 e. The second-order valence-corrected chi connectivity index (χ2v) is 5.70. The fraction of sp³-hybridized carbons (Fsp3) is 0.412. The molecule has 3 nitrogen and oxygen atoms in total. The van der Waals surface area contributed by atoms with Crippen LogP contribution in [0.3, 0.4) is 0 Å². The fourth-order valence-electron chi connectivity index (χ4n) is 2.32. The number of aromatic nitrogens is 1. The minimum atomic E-state index is -0.0582. The number of fused-ring (bicyclic) bond motifs is 1. The highest BCUT2D eigenvalue weighted by Gasteiger charge is 2.25. The van der Waals surface area contributed by atoms with Gasteiger partial charge in [-0.05, 0) is 37.1 Å². The van der Waals surface area contributed by atoms with Crippen LogP contribution in [0.15, 0.2) is 36.5 Å². The molecule has 1 aromatic heterocycles. The number of benzene rings is 1. The zero-order valence-corrected chi connectivity index (χ0v) is 13.3. The van der Waals surface area contributed by atoms with Crippen molar-refractivity contribution < 1.29 is 4.79 Å². The molecular formula is C17H21ClN2O. The Morgan fingerprint density at radius 3 is 2.71 bits per heavy atom. The number of nitrogens with one attached hydrogen (secondary N) is 1. The number of hydrogen-bond donors (Lipinski definition) is 1. The van der Waals surface area contributed by atoms with Crippen LogP contribution in [0.5, 0.6) is 0 Å². The highest BCUT2D eigenvalue weighted by Crippen LogP contribution is 2.27. The molecule has 0 aliphatic carbocycles. The number of amides is 1. The molecule has 2 rings (SSSR count). The lowest BCUT2D eigenvalue weighted by Gasteiger charge is -2.29. The average Bonchev–Trinajstić information content (AvgIpc) is 2.56. The number of hydrogen-bond acceptors (Lipinski definition) is 2. The van der Waals surface area contributed by atoms with Gasteiger partial charge in [-0.25, -0.2) is 0 Å². The number of carbonyl (C=O) groups is 1. The summed E-state index contributed by atoms with van der Waals surface area (Å²) >= 11 is 6.07. The van der Waals surface area contributed by atoms with Crippen molar-refractivity contribution in [2.24, 2.45) is 5.41 Å². The van der Waals surface area contributed by atoms with Crippen molar-refractivity contribution in [3.63, 3.8) is 0 Å². The molecule has 0 saturated carbocycles. The molecule has 2 aromatic rings. The first-order valence-electron chi connectivity index (χ1n) is 7.33. The second-order valence-electron chi connectivity index (χ2n) is 5.43. The van der Waals surface area contributed by atoms with Crippen LogP contribution in [0.4, 0.5) is 0 Å². The first-order valence-corrected chi connectivity index (χ1v) is 7.86. The molecule has 0 fully saturated rings. The quantitative estimate of drug-likeness (QED) is 0.819. The lowest BCUT2D eigenvalue weighted by atomic mass is 9.84. The number of halogens is 1. The van der Waals surface area contributed by atoms with Crippen LogP contribution >= 0.6 is 11.6 Å². The topological polar surface area (TPSA) is 42.0 Å². The van der Waals surface area contributed by atoms with E-state index in [4.69, 9.17) is 11.6 Å². The maximum absolute atomic E-state index is 12.3. The van der Waals surface area contributed by atoms with Crippen molar-refractivity contribution in [1.29, 1.82) is 0 Å². The van der Waals surface area contributed by atoms with Gasteiger partial charge in [0.2, 0.25) is 0 Å². The third-order valence-corrected chi connectivity index (χ3v) is 4.84. The van der Waals surface area contributed by atoms with Crippen molar-refractivity contribution in [3.05, 3.63) is 42.1 Å². The third-order valence-electron chi connectivity index (χ3n) is 4.27. The van der Waals surface area contributed by atoms with Crippen LogP contribution in [0, 0.1) is 5.41 Å². The molecule has 0 radical (unpaired) electrons. The summed E-state index contributed by atoms with van der Waals surface area (Å²) in [6, 6.07) is 9.39. The van der Waals surface area contributed by atoms with Crippen LogP contribution in [0.2, 0.25) is 0 Å². The summed E-state index contributed by atoms with van der Waals surface area (Å²) in [5, 5.41) is 3.99. The average molecular weight is 305 g/mol. The van der Waals surface area contributed by atoms with Gasteiger partial charge in [0.1, 0.15) is 0 Å². The minimum absolute atomic E-state index is 0.0182. The molecule has 112 valence electrons. The van der Waals surface area contributed by atoms with E-state index >= 15 is 0 Å². The SMILES string of the molecule is CCC(CC)(CCl)CNC(=O)c1ccc2ncccc2c1. The number of pyridine rings is 1. The number of nitrogens with zero attached hydrogens (tertiary/aromatic N) is 1. The molecule has 0 spiro atoms. The van der Waals surface area contributed by atoms with Crippen molar-refractivity contribution in [3.8, 4) is 0 Å². The summed E-state index contributed by atoms with van der Waals surface area (Å²) in [6.07, 6.45) is 3.66. The highest BCUT2D eigenvalue weighted by atomic mass is 35.5. The molecular weight excluding hydrogens is 284 g/mol. The van der Waals surface area contributed by atoms with Gasteiger partial charge in [-0.15, -0.1) is 11.6 Å². The highest BCUT2D eigenvalue weighted by molar-refractivity contribution is 6.18. The molecule has 0 atom stereocenters. The fourth-order valence-corrected chi connectivity index (χ4v) is 2.80. The van der Waals surface area contributed by atoms with E-state index in [-0.39, 0.29) is 11.3 Å². The number of carbonyl (C=O) groups excluding carboxylic acids is 1. The van der Waals surface area contributed by atoms with Crippen molar-refractivity contribution in [2.75, 3.05) is 12.4 Å². The summed E-state index contributed by atoms with van der Waals surface area (Å²) in [4.78, 5) is 16.6. The molecule has 1 amide bonds. The van der Waals surface area contributed by atoms with E-state index in [2.05, 4.69) is 24.1 Å². The Bertz CT molecular complexity index is 615. The Morgan fingerprint density at radius 2 is 2.05 bits per heavy atom. The van der Waals surface area contributed by atoms with Gasteiger partial charge in [-0.2, -0.15) is 0 Å². The van der Waals surface area contributed by atoms with Crippen LogP contribution in [-0.4, -0.2) is 23.3 Å². The molecule has 1 N–H and O–H groups in total. The predicted molar refractivity (Wildman–Crippen MR) is 87.8 cm³/mol. The van der Waals surface area contributed by atoms with Crippen LogP contribution in [0.25, 0.3) is 10.9 Å². The molecule has 0 bridgehead atoms. The van der Waals surface area contributed by atoms with E-state index in [0.717, 1.165) is 23.7 Å². The van der Waals surface area contributed by atoms with Gasteiger partial charge < -0.3 is 5.32 Å². The number of rotatable bonds is 6. The molecule has 0 aliphatic heterocycles. The molecule has 1 aromatic carbocycles. The molecule has 4 heteroatoms. The first kappa shape index (κ1) is 15.8. The second kappa shape index (κ2) is 6.90. The lowest BCUT2D eigenvalue weighted by Crippen LogP contribution is -2.38. The van der Waals surface area contributed by atoms with Gasteiger partial charge in [-0.1, -0.05) is 19.9 Å². The van der Waals surface area contributed by atoms with Gasteiger partial charge in [0.15, 0.2) is 0 Å². The summed E-state index contributed by atoms with van der Waals surface area (Å²) in [7, 11) is 0. The molecule has 21 heavy (non-hydrogen) atoms. The van der Waals surface area contributed by atoms with Crippen LogP contribution in [0.1, 0.15) is 37.0 Å². The first-order chi connectivity index (χ1) is 10.1. The lowest BCUT2D eigenvalue weighted by molar-refractivity contribution is 0.0932. The van der Waals surface area contributed by atoms with E-state index < -0.39 is 0 Å². The molecule has 0 aliphatic rings. The molecule has 0 saturated heterocycles. The van der Waals surface area contributed by atoms with E-state index in [9.17, 15) is 4.79 Å². The monoisotopic (exact) mass is 304 g/mol. The minimum Gasteiger partial charge on any atom is -0.351 e. The Hall–Kier alpha value is -1.61. The van der Waals surface area contributed by atoms with Gasteiger partial charge in [0.25, 0.3) is 5.91 Å². The summed E-state index contributed by atoms with van der Waals surface area (Å²) in [5.41, 5.74) is 1.53. The maximum Gasteiger partial charge on any atom is 0.251 e. The van der Waals surface area contributed by atoms with E-state index in [1.807, 2.05) is 30.3 Å². The van der Waals surface area contributed by atoms with E-state index in [0.29, 0.717) is 18.0 Å². The van der Waals surface area contributed by atoms with Crippen molar-refractivity contribution in [2.45, 2.75) is 26.7 Å². The van der Waals surface area contributed by atoms with Gasteiger partial charge in [0, 0.05) is 35.0 Å². The summed E-state index contributed by atoms with van der Waals surface area (Å²) in [6.45, 7) is 4.83. The summed E-state index contributed by atoms with van der Waals surface area (Å²) in [5.74, 6) is 0.499. The standard InChI is InChI=1S/C17H21ClN2O/c1-3-17(4-2,11-18)12-20-16(21)14-7-8-15-13(10-14)6-5-9-19-15/h5-10H,3-4,11-12H2,1-2H3,(H,20,21). The smallest absolute Gasteiger partial charge is 0.251 e. The van der Waals surface area contributed by atoms with Crippen LogP contribution in [-0.2, 0) is 0 Å². The molecule has 1 heterocycles. The molecule has 0 unspecified atom stereocenters. The van der Waals surface area contributed by atoms with Gasteiger partial charge in [0.05, 0.1) is 5.52 Å². The Balaban J connectivity index is 2.11. The zero-order chi connectivity index (χ0) is 15.3. The zero-order valence-electron chi connectivity index (χ0n) is 12.5.